The molecule has 0 aliphatic heterocycles. The van der Waals surface area contributed by atoms with E-state index in [0.717, 1.165) is 6.20 Å². The lowest BCUT2D eigenvalue weighted by atomic mass is 10.2. The van der Waals surface area contributed by atoms with E-state index in [-0.39, 0.29) is 11.3 Å². The average Bonchev–Trinajstić information content (AvgIpc) is 2.47. The molecule has 0 aliphatic rings. The maximum absolute atomic E-state index is 12.1. The van der Waals surface area contributed by atoms with Gasteiger partial charge in [0.25, 0.3) is 11.6 Å². The van der Waals surface area contributed by atoms with Crippen LogP contribution in [0.15, 0.2) is 42.6 Å². The quantitative estimate of drug-likeness (QED) is 0.657. The van der Waals surface area contributed by atoms with Crippen LogP contribution < -0.4 is 10.6 Å². The van der Waals surface area contributed by atoms with Crippen LogP contribution in [0, 0.1) is 10.1 Å². The van der Waals surface area contributed by atoms with Crippen molar-refractivity contribution in [2.24, 2.45) is 0 Å². The average molecular weight is 272 g/mol. The van der Waals surface area contributed by atoms with Crippen molar-refractivity contribution >= 4 is 23.1 Å². The van der Waals surface area contributed by atoms with Crippen molar-refractivity contribution in [1.82, 2.24) is 4.98 Å². The van der Waals surface area contributed by atoms with Crippen LogP contribution in [-0.4, -0.2) is 22.9 Å². The van der Waals surface area contributed by atoms with Gasteiger partial charge in [-0.3, -0.25) is 14.9 Å². The number of pyridine rings is 1. The highest BCUT2D eigenvalue weighted by Gasteiger charge is 2.21. The molecule has 0 saturated carbocycles. The van der Waals surface area contributed by atoms with Gasteiger partial charge in [0.05, 0.1) is 4.92 Å². The van der Waals surface area contributed by atoms with Crippen molar-refractivity contribution in [3.05, 3.63) is 58.3 Å². The number of benzene rings is 1. The Morgan fingerprint density at radius 1 is 1.30 bits per heavy atom. The number of anilines is 2. The Labute approximate surface area is 114 Å². The van der Waals surface area contributed by atoms with E-state index >= 15 is 0 Å². The third-order valence-corrected chi connectivity index (χ3v) is 2.61. The Morgan fingerprint density at radius 3 is 2.60 bits per heavy atom. The summed E-state index contributed by atoms with van der Waals surface area (Å²) in [5.74, 6) is -0.171. The fourth-order valence-electron chi connectivity index (χ4n) is 1.63. The number of para-hydroxylation sites is 1. The predicted octanol–water partition coefficient (Wildman–Crippen LogP) is 2.28. The van der Waals surface area contributed by atoms with E-state index in [0.29, 0.717) is 11.5 Å². The van der Waals surface area contributed by atoms with E-state index in [2.05, 4.69) is 15.6 Å². The third kappa shape index (κ3) is 2.89. The van der Waals surface area contributed by atoms with Gasteiger partial charge in [-0.2, -0.15) is 0 Å². The van der Waals surface area contributed by atoms with E-state index < -0.39 is 10.8 Å². The third-order valence-electron chi connectivity index (χ3n) is 2.61. The van der Waals surface area contributed by atoms with Crippen molar-refractivity contribution < 1.29 is 9.72 Å². The van der Waals surface area contributed by atoms with Gasteiger partial charge in [0.1, 0.15) is 17.6 Å². The Morgan fingerprint density at radius 2 is 2.00 bits per heavy atom. The number of amides is 1. The molecule has 0 atom stereocenters. The lowest BCUT2D eigenvalue weighted by Crippen LogP contribution is -2.14. The fraction of sp³-hybridized carbons (Fsp3) is 0.0769. The summed E-state index contributed by atoms with van der Waals surface area (Å²) in [6.07, 6.45) is 1.06. The highest BCUT2D eigenvalue weighted by Crippen LogP contribution is 2.21. The number of carbonyl (C=O) groups is 1. The van der Waals surface area contributed by atoms with Gasteiger partial charge in [0, 0.05) is 18.8 Å². The maximum Gasteiger partial charge on any atom is 0.300 e. The van der Waals surface area contributed by atoms with Crippen LogP contribution in [0.25, 0.3) is 0 Å². The zero-order valence-corrected chi connectivity index (χ0v) is 10.7. The first-order valence-electron chi connectivity index (χ1n) is 5.80. The van der Waals surface area contributed by atoms with Crippen LogP contribution >= 0.6 is 0 Å². The first-order valence-corrected chi connectivity index (χ1v) is 5.80. The lowest BCUT2D eigenvalue weighted by molar-refractivity contribution is -0.385. The van der Waals surface area contributed by atoms with Crippen molar-refractivity contribution in [2.75, 3.05) is 17.7 Å². The molecule has 7 nitrogen and oxygen atoms in total. The number of rotatable bonds is 4. The van der Waals surface area contributed by atoms with Crippen LogP contribution in [0.4, 0.5) is 17.2 Å². The van der Waals surface area contributed by atoms with Crippen LogP contribution in [0.5, 0.6) is 0 Å². The minimum absolute atomic E-state index is 0.0433. The molecule has 0 fully saturated rings. The highest BCUT2D eigenvalue weighted by atomic mass is 16.6. The van der Waals surface area contributed by atoms with Gasteiger partial charge < -0.3 is 10.6 Å². The Bertz CT molecular complexity index is 643. The summed E-state index contributed by atoms with van der Waals surface area (Å²) < 4.78 is 0. The molecule has 0 radical (unpaired) electrons. The monoisotopic (exact) mass is 272 g/mol. The summed E-state index contributed by atoms with van der Waals surface area (Å²) in [6, 6.07) is 10.1. The van der Waals surface area contributed by atoms with E-state index in [1.807, 2.05) is 6.07 Å². The molecule has 0 aliphatic carbocycles. The van der Waals surface area contributed by atoms with Crippen molar-refractivity contribution in [3.8, 4) is 0 Å². The van der Waals surface area contributed by atoms with Gasteiger partial charge in [-0.15, -0.1) is 0 Å². The zero-order chi connectivity index (χ0) is 14.5. The second-order valence-electron chi connectivity index (χ2n) is 3.91. The first kappa shape index (κ1) is 13.5. The summed E-state index contributed by atoms with van der Waals surface area (Å²) in [5, 5.41) is 16.3. The summed E-state index contributed by atoms with van der Waals surface area (Å²) in [6.45, 7) is 0. The van der Waals surface area contributed by atoms with E-state index in [1.165, 1.54) is 6.07 Å². The van der Waals surface area contributed by atoms with Crippen molar-refractivity contribution in [1.29, 1.82) is 0 Å². The second kappa shape index (κ2) is 5.79. The Kier molecular flexibility index (Phi) is 3.90. The SMILES string of the molecule is CNc1cc(C(=O)Nc2ccccc2)c([N+](=O)[O-])cn1. The maximum atomic E-state index is 12.1. The standard InChI is InChI=1S/C13H12N4O3/c1-14-12-7-10(11(8-15-12)17(19)20)13(18)16-9-5-3-2-4-6-9/h2-8H,1H3,(H,14,15)(H,16,18). The number of nitro groups is 1. The largest absolute Gasteiger partial charge is 0.373 e. The van der Waals surface area contributed by atoms with Crippen molar-refractivity contribution in [3.63, 3.8) is 0 Å². The lowest BCUT2D eigenvalue weighted by Gasteiger charge is -2.07. The van der Waals surface area contributed by atoms with E-state index in [1.54, 1.807) is 31.3 Å². The van der Waals surface area contributed by atoms with Gasteiger partial charge >= 0.3 is 0 Å². The number of hydrogen-bond acceptors (Lipinski definition) is 5. The molecular weight excluding hydrogens is 260 g/mol. The van der Waals surface area contributed by atoms with Crippen LogP contribution in [-0.2, 0) is 0 Å². The first-order chi connectivity index (χ1) is 9.61. The number of aromatic nitrogens is 1. The summed E-state index contributed by atoms with van der Waals surface area (Å²) in [5.41, 5.74) is 0.185. The van der Waals surface area contributed by atoms with Crippen LogP contribution in [0.2, 0.25) is 0 Å². The fourth-order valence-corrected chi connectivity index (χ4v) is 1.63. The normalized spacial score (nSPS) is 9.85. The molecule has 0 unspecified atom stereocenters. The molecule has 2 N–H and O–H groups in total. The molecule has 1 aromatic carbocycles. The summed E-state index contributed by atoms with van der Waals surface area (Å²) in [4.78, 5) is 26.3. The van der Waals surface area contributed by atoms with Gasteiger partial charge in [-0.05, 0) is 12.1 Å². The van der Waals surface area contributed by atoms with Crippen molar-refractivity contribution in [2.45, 2.75) is 0 Å². The van der Waals surface area contributed by atoms with Gasteiger partial charge in [-0.25, -0.2) is 4.98 Å². The predicted molar refractivity (Wildman–Crippen MR) is 74.8 cm³/mol. The number of carbonyl (C=O) groups excluding carboxylic acids is 1. The molecular formula is C13H12N4O3. The summed E-state index contributed by atoms with van der Waals surface area (Å²) in [7, 11) is 1.62. The molecule has 1 heterocycles. The molecule has 0 bridgehead atoms. The zero-order valence-electron chi connectivity index (χ0n) is 10.7. The van der Waals surface area contributed by atoms with Gasteiger partial charge in [0.15, 0.2) is 0 Å². The smallest absolute Gasteiger partial charge is 0.300 e. The minimum atomic E-state index is -0.633. The van der Waals surface area contributed by atoms with Crippen LogP contribution in [0.3, 0.4) is 0 Å². The minimum Gasteiger partial charge on any atom is -0.373 e. The number of nitrogens with zero attached hydrogens (tertiary/aromatic N) is 2. The molecule has 102 valence electrons. The molecule has 0 saturated heterocycles. The van der Waals surface area contributed by atoms with Crippen LogP contribution in [0.1, 0.15) is 10.4 Å². The highest BCUT2D eigenvalue weighted by molar-refractivity contribution is 6.07. The number of hydrogen-bond donors (Lipinski definition) is 2. The summed E-state index contributed by atoms with van der Waals surface area (Å²) >= 11 is 0. The molecule has 2 rings (SSSR count). The van der Waals surface area contributed by atoms with E-state index in [9.17, 15) is 14.9 Å². The Balaban J connectivity index is 2.35. The Hall–Kier alpha value is -2.96. The van der Waals surface area contributed by atoms with Gasteiger partial charge in [-0.1, -0.05) is 18.2 Å². The molecule has 1 amide bonds. The molecule has 0 spiro atoms. The molecule has 2 aromatic rings. The van der Waals surface area contributed by atoms with Gasteiger partial charge in [0.2, 0.25) is 0 Å². The topological polar surface area (TPSA) is 97.2 Å². The molecule has 1 aromatic heterocycles. The molecule has 7 heteroatoms. The number of nitrogens with one attached hydrogen (secondary N) is 2. The second-order valence-corrected chi connectivity index (χ2v) is 3.91. The van der Waals surface area contributed by atoms with E-state index in [4.69, 9.17) is 0 Å². The molecule has 20 heavy (non-hydrogen) atoms.